The molecule has 0 radical (unpaired) electrons. The molecule has 1 aliphatic rings. The summed E-state index contributed by atoms with van der Waals surface area (Å²) in [6.07, 6.45) is 4.75. The summed E-state index contributed by atoms with van der Waals surface area (Å²) in [7, 11) is 2.19. The van der Waals surface area contributed by atoms with Gasteiger partial charge in [-0.05, 0) is 45.0 Å². The van der Waals surface area contributed by atoms with Gasteiger partial charge in [0.15, 0.2) is 0 Å². The number of nitrogens with one attached hydrogen (secondary N) is 1. The second-order valence-electron chi connectivity index (χ2n) is 6.28. The Kier molecular flexibility index (Phi) is 4.16. The van der Waals surface area contributed by atoms with Crippen LogP contribution < -0.4 is 5.73 Å². The van der Waals surface area contributed by atoms with Crippen molar-refractivity contribution in [3.05, 3.63) is 29.6 Å². The van der Waals surface area contributed by atoms with Crippen LogP contribution in [0.1, 0.15) is 54.7 Å². The minimum atomic E-state index is -0.420. The summed E-state index contributed by atoms with van der Waals surface area (Å²) in [4.78, 5) is 22.1. The predicted octanol–water partition coefficient (Wildman–Crippen LogP) is 2.64. The Bertz CT molecular complexity index is 678. The molecule has 0 saturated heterocycles. The third-order valence-corrected chi connectivity index (χ3v) is 4.95. The zero-order chi connectivity index (χ0) is 15.7. The second kappa shape index (κ2) is 6.08. The lowest BCUT2D eigenvalue weighted by molar-refractivity contribution is 0.100. The number of primary amides is 1. The highest BCUT2D eigenvalue weighted by Gasteiger charge is 2.27. The Morgan fingerprint density at radius 1 is 1.45 bits per heavy atom. The molecule has 1 saturated carbocycles. The Morgan fingerprint density at radius 3 is 3.00 bits per heavy atom. The summed E-state index contributed by atoms with van der Waals surface area (Å²) >= 11 is 0. The lowest BCUT2D eigenvalue weighted by Crippen LogP contribution is -2.35. The molecule has 5 nitrogen and oxygen atoms in total. The summed E-state index contributed by atoms with van der Waals surface area (Å²) < 4.78 is 0. The predicted molar refractivity (Wildman–Crippen MR) is 87.9 cm³/mol. The van der Waals surface area contributed by atoms with Gasteiger partial charge < -0.3 is 15.6 Å². The lowest BCUT2D eigenvalue weighted by atomic mass is 9.84. The Labute approximate surface area is 130 Å². The van der Waals surface area contributed by atoms with Gasteiger partial charge in [-0.25, -0.2) is 4.98 Å². The van der Waals surface area contributed by atoms with Crippen molar-refractivity contribution >= 4 is 16.9 Å². The van der Waals surface area contributed by atoms with Gasteiger partial charge in [0.1, 0.15) is 11.3 Å². The first kappa shape index (κ1) is 15.0. The molecule has 3 rings (SSSR count). The number of nitrogens with two attached hydrogens (primary N) is 1. The second-order valence-corrected chi connectivity index (χ2v) is 6.28. The van der Waals surface area contributed by atoms with E-state index >= 15 is 0 Å². The number of carbonyl (C=O) groups is 1. The van der Waals surface area contributed by atoms with Crippen LogP contribution >= 0.6 is 0 Å². The molecule has 1 heterocycles. The molecule has 2 aromatic rings. The molecule has 2 atom stereocenters. The third kappa shape index (κ3) is 2.73. The number of hydrogen-bond donors (Lipinski definition) is 2. The average Bonchev–Trinajstić information content (AvgIpc) is 2.98. The molecular formula is C17H24N4O. The maximum Gasteiger partial charge on any atom is 0.250 e. The molecule has 5 heteroatoms. The zero-order valence-electron chi connectivity index (χ0n) is 13.3. The molecule has 2 unspecified atom stereocenters. The number of imidazole rings is 1. The topological polar surface area (TPSA) is 75.0 Å². The SMILES string of the molecule is CCN(C)C1CCCC(c2nc3c(C(N)=O)cccc3[nH]2)C1. The van der Waals surface area contributed by atoms with E-state index in [4.69, 9.17) is 10.7 Å². The minimum Gasteiger partial charge on any atom is -0.366 e. The number of nitrogens with zero attached hydrogens (tertiary/aromatic N) is 2. The van der Waals surface area contributed by atoms with E-state index < -0.39 is 5.91 Å². The van der Waals surface area contributed by atoms with Gasteiger partial charge in [-0.3, -0.25) is 4.79 Å². The standard InChI is InChI=1S/C17H24N4O/c1-3-21(2)12-7-4-6-11(10-12)17-19-14-9-5-8-13(16(18)22)15(14)20-17/h5,8-9,11-12H,3-4,6-7,10H2,1-2H3,(H2,18,22)(H,19,20). The highest BCUT2D eigenvalue weighted by Crippen LogP contribution is 2.34. The van der Waals surface area contributed by atoms with Gasteiger partial charge >= 0.3 is 0 Å². The number of fused-ring (bicyclic) bond motifs is 1. The van der Waals surface area contributed by atoms with Crippen LogP contribution in [-0.2, 0) is 0 Å². The Hall–Kier alpha value is -1.88. The summed E-state index contributed by atoms with van der Waals surface area (Å²) in [6.45, 7) is 3.27. The van der Waals surface area contributed by atoms with Gasteiger partial charge in [-0.1, -0.05) is 19.4 Å². The normalized spacial score (nSPS) is 22.3. The van der Waals surface area contributed by atoms with Crippen LogP contribution in [-0.4, -0.2) is 40.4 Å². The maximum atomic E-state index is 11.5. The van der Waals surface area contributed by atoms with E-state index in [1.165, 1.54) is 12.8 Å². The molecule has 3 N–H and O–H groups in total. The van der Waals surface area contributed by atoms with E-state index in [0.717, 1.165) is 30.7 Å². The highest BCUT2D eigenvalue weighted by molar-refractivity contribution is 6.04. The van der Waals surface area contributed by atoms with Gasteiger partial charge in [0.2, 0.25) is 0 Å². The van der Waals surface area contributed by atoms with Gasteiger partial charge in [0, 0.05) is 12.0 Å². The summed E-state index contributed by atoms with van der Waals surface area (Å²) in [6, 6.07) is 6.16. The van der Waals surface area contributed by atoms with Crippen LogP contribution in [0.5, 0.6) is 0 Å². The van der Waals surface area contributed by atoms with Gasteiger partial charge in [-0.2, -0.15) is 0 Å². The first-order valence-electron chi connectivity index (χ1n) is 8.08. The van der Waals surface area contributed by atoms with Gasteiger partial charge in [-0.15, -0.1) is 0 Å². The van der Waals surface area contributed by atoms with Gasteiger partial charge in [0.05, 0.1) is 11.1 Å². The van der Waals surface area contributed by atoms with Crippen LogP contribution in [0, 0.1) is 0 Å². The summed E-state index contributed by atoms with van der Waals surface area (Å²) in [5, 5.41) is 0. The molecule has 1 amide bonds. The number of rotatable bonds is 4. The summed E-state index contributed by atoms with van der Waals surface area (Å²) in [5.74, 6) is 1.01. The average molecular weight is 300 g/mol. The number of amides is 1. The van der Waals surface area contributed by atoms with E-state index in [1.54, 1.807) is 6.07 Å². The fourth-order valence-corrected chi connectivity index (χ4v) is 3.51. The van der Waals surface area contributed by atoms with Crippen molar-refractivity contribution in [2.45, 2.75) is 44.6 Å². The smallest absolute Gasteiger partial charge is 0.250 e. The fourth-order valence-electron chi connectivity index (χ4n) is 3.51. The number of aromatic amines is 1. The van der Waals surface area contributed by atoms with E-state index in [9.17, 15) is 4.79 Å². The van der Waals surface area contributed by atoms with Crippen molar-refractivity contribution in [3.8, 4) is 0 Å². The molecule has 118 valence electrons. The first-order valence-corrected chi connectivity index (χ1v) is 8.08. The van der Waals surface area contributed by atoms with Crippen molar-refractivity contribution in [2.75, 3.05) is 13.6 Å². The molecule has 1 aromatic heterocycles. The van der Waals surface area contributed by atoms with E-state index in [1.807, 2.05) is 12.1 Å². The van der Waals surface area contributed by atoms with Crippen molar-refractivity contribution in [1.29, 1.82) is 0 Å². The molecule has 1 aromatic carbocycles. The minimum absolute atomic E-state index is 0.420. The molecular weight excluding hydrogens is 276 g/mol. The molecule has 0 aliphatic heterocycles. The van der Waals surface area contributed by atoms with Crippen molar-refractivity contribution in [3.63, 3.8) is 0 Å². The number of para-hydroxylation sites is 1. The van der Waals surface area contributed by atoms with Crippen molar-refractivity contribution in [1.82, 2.24) is 14.9 Å². The number of carbonyl (C=O) groups excluding carboxylic acids is 1. The molecule has 22 heavy (non-hydrogen) atoms. The quantitative estimate of drug-likeness (QED) is 0.911. The van der Waals surface area contributed by atoms with Crippen LogP contribution in [0.3, 0.4) is 0 Å². The van der Waals surface area contributed by atoms with Crippen molar-refractivity contribution in [2.24, 2.45) is 5.73 Å². The van der Waals surface area contributed by atoms with Gasteiger partial charge in [0.25, 0.3) is 5.91 Å². The van der Waals surface area contributed by atoms with E-state index in [2.05, 4.69) is 23.9 Å². The fraction of sp³-hybridized carbons (Fsp3) is 0.529. The molecule has 1 aliphatic carbocycles. The largest absolute Gasteiger partial charge is 0.366 e. The van der Waals surface area contributed by atoms with E-state index in [-0.39, 0.29) is 0 Å². The molecule has 1 fully saturated rings. The summed E-state index contributed by atoms with van der Waals surface area (Å²) in [5.41, 5.74) is 7.55. The molecule has 0 bridgehead atoms. The Morgan fingerprint density at radius 2 is 2.27 bits per heavy atom. The number of benzene rings is 1. The lowest BCUT2D eigenvalue weighted by Gasteiger charge is -2.34. The third-order valence-electron chi connectivity index (χ3n) is 4.95. The highest BCUT2D eigenvalue weighted by atomic mass is 16.1. The van der Waals surface area contributed by atoms with Crippen LogP contribution in [0.4, 0.5) is 0 Å². The number of aromatic nitrogens is 2. The van der Waals surface area contributed by atoms with E-state index in [0.29, 0.717) is 23.0 Å². The Balaban J connectivity index is 1.90. The first-order chi connectivity index (χ1) is 10.6. The van der Waals surface area contributed by atoms with Crippen LogP contribution in [0.2, 0.25) is 0 Å². The number of H-pyrrole nitrogens is 1. The number of hydrogen-bond acceptors (Lipinski definition) is 3. The van der Waals surface area contributed by atoms with Crippen LogP contribution in [0.25, 0.3) is 11.0 Å². The maximum absolute atomic E-state index is 11.5. The van der Waals surface area contributed by atoms with Crippen LogP contribution in [0.15, 0.2) is 18.2 Å². The monoisotopic (exact) mass is 300 g/mol. The zero-order valence-corrected chi connectivity index (χ0v) is 13.3. The van der Waals surface area contributed by atoms with Crippen molar-refractivity contribution < 1.29 is 4.79 Å². The molecule has 0 spiro atoms.